The van der Waals surface area contributed by atoms with Crippen LogP contribution in [0, 0.1) is 11.8 Å². The number of aromatic nitrogens is 1. The maximum atomic E-state index is 14.1. The number of anilines is 1. The molecule has 1 saturated heterocycles. The van der Waals surface area contributed by atoms with Crippen LogP contribution in [0.3, 0.4) is 0 Å². The molecular weight excluding hydrogens is 769 g/mol. The van der Waals surface area contributed by atoms with Gasteiger partial charge in [-0.25, -0.2) is 14.6 Å². The zero-order valence-electron chi connectivity index (χ0n) is 32.6. The van der Waals surface area contributed by atoms with Crippen LogP contribution >= 0.6 is 21.6 Å². The second-order valence-corrected chi connectivity index (χ2v) is 18.3. The number of ether oxygens (including phenoxy) is 2. The zero-order chi connectivity index (χ0) is 40.5. The van der Waals surface area contributed by atoms with Crippen LogP contribution in [0.1, 0.15) is 61.3 Å². The van der Waals surface area contributed by atoms with Crippen molar-refractivity contribution in [1.29, 1.82) is 0 Å². The summed E-state index contributed by atoms with van der Waals surface area (Å²) in [6.45, 7) is 4.61. The number of fused-ring (bicyclic) bond motifs is 7. The molecule has 0 bridgehead atoms. The number of rotatable bonds is 11. The number of pyridine rings is 1. The highest BCUT2D eigenvalue weighted by atomic mass is 33.1. The third-order valence-corrected chi connectivity index (χ3v) is 14.6. The highest BCUT2D eigenvalue weighted by Gasteiger charge is 2.64. The standard InChI is InChI=1S/C42H52N4O9S2/c1-4-25(7-10-48)40(52)55-41(2)8-5-26-22-56-57-23-33-31(18-44-3)20-46(33)37(50)14-30-19-45-36(43)15-32(30)38(26)42(41)17-29-13-27-12-28(11-24(21-49)6-9-47)39(51)53-34(27)16-35(29)54-42/h4-5,12-13,15-16,19,24,31,33,38,44,47-49H,6-11,14,17-18,20-23H2,1-3H3,(H2,43,45)/b25-4+/t24-,31+,33-,38+,41-,42-/m1/s1. The number of hydrogen-bond donors (Lipinski definition) is 5. The predicted octanol–water partition coefficient (Wildman–Crippen LogP) is 3.71. The van der Waals surface area contributed by atoms with Crippen molar-refractivity contribution in [2.75, 3.05) is 57.2 Å². The summed E-state index contributed by atoms with van der Waals surface area (Å²) in [7, 11) is 5.40. The van der Waals surface area contributed by atoms with Crippen molar-refractivity contribution in [3.05, 3.63) is 86.4 Å². The van der Waals surface area contributed by atoms with E-state index in [0.717, 1.165) is 29.0 Å². The Morgan fingerprint density at radius 1 is 1.18 bits per heavy atom. The minimum atomic E-state index is -1.28. The van der Waals surface area contributed by atoms with E-state index in [1.54, 1.807) is 52.9 Å². The van der Waals surface area contributed by atoms with E-state index >= 15 is 0 Å². The monoisotopic (exact) mass is 820 g/mol. The lowest BCUT2D eigenvalue weighted by molar-refractivity contribution is -0.183. The summed E-state index contributed by atoms with van der Waals surface area (Å²) in [6.07, 6.45) is 6.89. The van der Waals surface area contributed by atoms with E-state index in [0.29, 0.717) is 70.9 Å². The van der Waals surface area contributed by atoms with Crippen molar-refractivity contribution in [3.63, 3.8) is 0 Å². The fourth-order valence-electron chi connectivity index (χ4n) is 9.06. The maximum absolute atomic E-state index is 14.1. The maximum Gasteiger partial charge on any atom is 0.339 e. The molecule has 1 aromatic carbocycles. The van der Waals surface area contributed by atoms with E-state index in [1.165, 1.54) is 0 Å². The second-order valence-electron chi connectivity index (χ2n) is 15.8. The molecule has 306 valence electrons. The first-order valence-corrected chi connectivity index (χ1v) is 22.1. The Hall–Kier alpha value is -3.86. The summed E-state index contributed by atoms with van der Waals surface area (Å²) in [4.78, 5) is 47.8. The van der Waals surface area contributed by atoms with E-state index in [2.05, 4.69) is 16.4 Å². The Kier molecular flexibility index (Phi) is 12.4. The lowest BCUT2D eigenvalue weighted by Gasteiger charge is -2.53. The van der Waals surface area contributed by atoms with Gasteiger partial charge in [-0.05, 0) is 74.5 Å². The Labute approximate surface area is 339 Å². The average Bonchev–Trinajstić information content (AvgIpc) is 3.55. The normalized spacial score (nSPS) is 26.5. The van der Waals surface area contributed by atoms with Crippen molar-refractivity contribution in [1.82, 2.24) is 15.2 Å². The Morgan fingerprint density at radius 3 is 2.74 bits per heavy atom. The minimum Gasteiger partial charge on any atom is -0.481 e. The van der Waals surface area contributed by atoms with Crippen LogP contribution in [0.5, 0.6) is 5.75 Å². The summed E-state index contributed by atoms with van der Waals surface area (Å²) in [6, 6.07) is 7.35. The molecule has 1 spiro atoms. The molecule has 0 unspecified atom stereocenters. The van der Waals surface area contributed by atoms with Gasteiger partial charge in [0.05, 0.1) is 12.3 Å². The van der Waals surface area contributed by atoms with Crippen molar-refractivity contribution in [2.45, 2.75) is 75.5 Å². The molecule has 1 amide bonds. The van der Waals surface area contributed by atoms with E-state index in [4.69, 9.17) is 19.6 Å². The van der Waals surface area contributed by atoms with Crippen molar-refractivity contribution < 1.29 is 38.8 Å². The van der Waals surface area contributed by atoms with Gasteiger partial charge in [-0.15, -0.1) is 0 Å². The Morgan fingerprint density at radius 2 is 2.00 bits per heavy atom. The van der Waals surface area contributed by atoms with Gasteiger partial charge in [0.25, 0.3) is 0 Å². The van der Waals surface area contributed by atoms with E-state index < -0.39 is 28.7 Å². The summed E-state index contributed by atoms with van der Waals surface area (Å²) in [5.41, 5.74) is 7.77. The van der Waals surface area contributed by atoms with Crippen LogP contribution in [0.25, 0.3) is 11.0 Å². The van der Waals surface area contributed by atoms with Gasteiger partial charge in [-0.3, -0.25) is 4.79 Å². The second kappa shape index (κ2) is 17.2. The number of carbonyl (C=O) groups excluding carboxylic acids is 2. The Balaban J connectivity index is 1.37. The third-order valence-electron chi connectivity index (χ3n) is 12.2. The summed E-state index contributed by atoms with van der Waals surface area (Å²) < 4.78 is 19.7. The van der Waals surface area contributed by atoms with Crippen LogP contribution in [-0.2, 0) is 33.6 Å². The molecule has 15 heteroatoms. The molecule has 1 fully saturated rings. The number of esters is 1. The summed E-state index contributed by atoms with van der Waals surface area (Å²) in [5, 5.41) is 33.1. The van der Waals surface area contributed by atoms with Gasteiger partial charge >= 0.3 is 11.6 Å². The lowest BCUT2D eigenvalue weighted by Crippen LogP contribution is -2.64. The van der Waals surface area contributed by atoms with E-state index in [9.17, 15) is 29.7 Å². The topological polar surface area (TPSA) is 198 Å². The molecule has 4 aliphatic rings. The highest BCUT2D eigenvalue weighted by Crippen LogP contribution is 2.58. The number of amides is 1. The fraction of sp³-hybridized carbons (Fsp3) is 0.524. The van der Waals surface area contributed by atoms with Gasteiger partial charge in [0, 0.05) is 104 Å². The number of aliphatic hydroxyl groups excluding tert-OH is 3. The van der Waals surface area contributed by atoms with E-state index in [1.807, 2.05) is 31.0 Å². The number of hydrogen-bond acceptors (Lipinski definition) is 14. The lowest BCUT2D eigenvalue weighted by atomic mass is 9.61. The van der Waals surface area contributed by atoms with Crippen LogP contribution in [0.4, 0.5) is 5.82 Å². The molecule has 0 radical (unpaired) electrons. The quantitative estimate of drug-likeness (QED) is 0.0617. The summed E-state index contributed by atoms with van der Waals surface area (Å²) >= 11 is 0. The van der Waals surface area contributed by atoms with Gasteiger partial charge in [0.2, 0.25) is 5.91 Å². The number of nitrogens with one attached hydrogen (secondary N) is 1. The van der Waals surface area contributed by atoms with Gasteiger partial charge in [0.15, 0.2) is 11.2 Å². The van der Waals surface area contributed by atoms with Crippen molar-refractivity contribution in [2.24, 2.45) is 11.8 Å². The number of carbonyl (C=O) groups is 2. The Bertz CT molecular complexity index is 2140. The first kappa shape index (κ1) is 41.3. The highest BCUT2D eigenvalue weighted by molar-refractivity contribution is 8.76. The van der Waals surface area contributed by atoms with Crippen LogP contribution < -0.4 is 21.4 Å². The molecule has 0 saturated carbocycles. The van der Waals surface area contributed by atoms with Gasteiger partial charge < -0.3 is 45.2 Å². The number of nitrogens with two attached hydrogens (primary N) is 1. The molecule has 1 aliphatic carbocycles. The molecule has 6 atom stereocenters. The van der Waals surface area contributed by atoms with Gasteiger partial charge in [-0.1, -0.05) is 39.3 Å². The third kappa shape index (κ3) is 7.86. The predicted molar refractivity (Wildman–Crippen MR) is 221 cm³/mol. The molecule has 57 heavy (non-hydrogen) atoms. The molecule has 3 aliphatic heterocycles. The molecule has 7 rings (SSSR count). The van der Waals surface area contributed by atoms with E-state index in [-0.39, 0.29) is 62.8 Å². The number of aliphatic hydroxyl groups is 3. The number of benzene rings is 1. The number of nitrogen functional groups attached to an aromatic ring is 1. The first-order valence-electron chi connectivity index (χ1n) is 19.6. The number of allylic oxidation sites excluding steroid dienone is 1. The largest absolute Gasteiger partial charge is 0.481 e. The van der Waals surface area contributed by atoms with Crippen molar-refractivity contribution >= 4 is 50.3 Å². The summed E-state index contributed by atoms with van der Waals surface area (Å²) in [5.74, 6) is 1.12. The van der Waals surface area contributed by atoms with Gasteiger partial charge in [0.1, 0.15) is 17.2 Å². The molecule has 5 heterocycles. The molecule has 6 N–H and O–H groups in total. The molecular formula is C42H52N4O9S2. The van der Waals surface area contributed by atoms with Crippen molar-refractivity contribution in [3.8, 4) is 5.75 Å². The zero-order valence-corrected chi connectivity index (χ0v) is 34.3. The van der Waals surface area contributed by atoms with Crippen LogP contribution in [0.15, 0.2) is 63.0 Å². The minimum absolute atomic E-state index is 0.00721. The number of nitrogens with zero attached hydrogens (tertiary/aromatic N) is 2. The fourth-order valence-corrected chi connectivity index (χ4v) is 11.6. The van der Waals surface area contributed by atoms with Crippen LogP contribution in [-0.4, -0.2) is 106 Å². The van der Waals surface area contributed by atoms with Gasteiger partial charge in [-0.2, -0.15) is 0 Å². The molecule has 3 aromatic rings. The average molecular weight is 821 g/mol. The molecule has 13 nitrogen and oxygen atoms in total. The molecule has 2 aromatic heterocycles. The SMILES string of the molecule is C/C=C(\CCO)C(=O)O[C@]1(C)CC=C2CSSC[C@@H]3[C@@H](CNC)CN3C(=O)Cc3cnc(N)cc3[C@H]2[C@]12Cc1cc3cc(C[C@H](CO)CCO)c(=O)oc3cc1O2. The first-order chi connectivity index (χ1) is 27.5. The smallest absolute Gasteiger partial charge is 0.339 e. The van der Waals surface area contributed by atoms with Crippen LogP contribution in [0.2, 0.25) is 0 Å².